The van der Waals surface area contributed by atoms with E-state index in [9.17, 15) is 4.79 Å². The summed E-state index contributed by atoms with van der Waals surface area (Å²) >= 11 is 32.3. The first-order chi connectivity index (χ1) is 5.86. The molecule has 0 atom stereocenters. The van der Waals surface area contributed by atoms with Gasteiger partial charge in [-0.15, -0.1) is 23.2 Å². The lowest BCUT2D eigenvalue weighted by Gasteiger charge is -1.98. The van der Waals surface area contributed by atoms with Crippen LogP contribution in [-0.2, 0) is 4.79 Å². The molecule has 0 unspecified atom stereocenters. The van der Waals surface area contributed by atoms with Crippen molar-refractivity contribution in [3.8, 4) is 0 Å². The Labute approximate surface area is 105 Å². The number of allylic oxidation sites excluding steroid dienone is 4. The van der Waals surface area contributed by atoms with Gasteiger partial charge < -0.3 is 0 Å². The van der Waals surface area contributed by atoms with Crippen LogP contribution in [0.2, 0.25) is 0 Å². The zero-order valence-electron chi connectivity index (χ0n) is 5.83. The molecule has 0 N–H and O–H groups in total. The number of rotatable bonds is 3. The van der Waals surface area contributed by atoms with E-state index in [4.69, 9.17) is 69.6 Å². The van der Waals surface area contributed by atoms with Crippen molar-refractivity contribution in [1.82, 2.24) is 0 Å². The Kier molecular flexibility index (Phi) is 6.83. The molecule has 1 nitrogen and oxygen atoms in total. The molecular weight excluding hydrogens is 301 g/mol. The molecule has 0 aromatic rings. The van der Waals surface area contributed by atoms with Gasteiger partial charge in [0.25, 0.3) is 5.24 Å². The number of carbonyl (C=O) groups is 1. The Bertz CT molecular complexity index is 266. The van der Waals surface area contributed by atoms with Gasteiger partial charge in [0.1, 0.15) is 9.87 Å². The Hall–Kier alpha value is 0.890. The van der Waals surface area contributed by atoms with Crippen LogP contribution in [0.15, 0.2) is 21.2 Å². The molecule has 0 radical (unpaired) electrons. The minimum atomic E-state index is -0.904. The zero-order valence-corrected chi connectivity index (χ0v) is 10.4. The first-order valence-corrected chi connectivity index (χ1v) is 5.15. The van der Waals surface area contributed by atoms with E-state index in [1.54, 1.807) is 0 Å². The third kappa shape index (κ3) is 5.36. The normalized spacial score (nSPS) is 14.5. The highest BCUT2D eigenvalue weighted by atomic mass is 35.5. The van der Waals surface area contributed by atoms with Gasteiger partial charge in [-0.05, 0) is 17.7 Å². The fraction of sp³-hybridized carbons (Fsp3) is 0.167. The minimum Gasteiger partial charge on any atom is -0.275 e. The predicted octanol–water partition coefficient (Wildman–Crippen LogP) is 4.37. The van der Waals surface area contributed by atoms with Crippen LogP contribution in [0.5, 0.6) is 0 Å². The summed E-state index contributed by atoms with van der Waals surface area (Å²) in [7, 11) is 0. The maximum absolute atomic E-state index is 10.5. The fourth-order valence-electron chi connectivity index (χ4n) is 0.375. The number of hydrogen-bond donors (Lipinski definition) is 0. The third-order valence-corrected chi connectivity index (χ3v) is 2.65. The van der Waals surface area contributed by atoms with Crippen molar-refractivity contribution in [2.45, 2.75) is 4.84 Å². The van der Waals surface area contributed by atoms with Gasteiger partial charge in [-0.25, -0.2) is 0 Å². The molecule has 0 aliphatic heterocycles. The lowest BCUT2D eigenvalue weighted by atomic mass is 10.4. The second kappa shape index (κ2) is 6.39. The predicted molar refractivity (Wildman–Crippen MR) is 59.0 cm³/mol. The summed E-state index contributed by atoms with van der Waals surface area (Å²) in [6.07, 6.45) is 1.20. The largest absolute Gasteiger partial charge is 0.275 e. The van der Waals surface area contributed by atoms with Gasteiger partial charge in [0.2, 0.25) is 0 Å². The van der Waals surface area contributed by atoms with Gasteiger partial charge in [-0.1, -0.05) is 34.8 Å². The standard InChI is InChI=1S/C6H2Cl6O/c7-2(1-3(8)9)4(10)5(11)6(12)13/h1,3H. The molecule has 13 heavy (non-hydrogen) atoms. The summed E-state index contributed by atoms with van der Waals surface area (Å²) in [4.78, 5) is 9.68. The van der Waals surface area contributed by atoms with Gasteiger partial charge in [-0.2, -0.15) is 0 Å². The smallest absolute Gasteiger partial charge is 0.265 e. The van der Waals surface area contributed by atoms with E-state index in [-0.39, 0.29) is 15.1 Å². The second-order valence-electron chi connectivity index (χ2n) is 1.75. The fourth-order valence-corrected chi connectivity index (χ4v) is 1.42. The summed E-state index contributed by atoms with van der Waals surface area (Å²) in [5.74, 6) is 0. The highest BCUT2D eigenvalue weighted by Crippen LogP contribution is 2.27. The van der Waals surface area contributed by atoms with Crippen LogP contribution < -0.4 is 0 Å². The average molecular weight is 303 g/mol. The van der Waals surface area contributed by atoms with Gasteiger partial charge >= 0.3 is 0 Å². The lowest BCUT2D eigenvalue weighted by Crippen LogP contribution is -1.90. The molecule has 0 spiro atoms. The number of hydrogen-bond acceptors (Lipinski definition) is 1. The summed E-state index contributed by atoms with van der Waals surface area (Å²) < 4.78 is 0. The molecule has 0 heterocycles. The van der Waals surface area contributed by atoms with Crippen LogP contribution >= 0.6 is 69.6 Å². The Morgan fingerprint density at radius 3 is 1.77 bits per heavy atom. The van der Waals surface area contributed by atoms with E-state index < -0.39 is 10.1 Å². The number of carbonyl (C=O) groups excluding carboxylic acids is 1. The van der Waals surface area contributed by atoms with E-state index in [0.717, 1.165) is 0 Å². The maximum Gasteiger partial charge on any atom is 0.265 e. The second-order valence-corrected chi connectivity index (χ2v) is 4.42. The van der Waals surface area contributed by atoms with Crippen molar-refractivity contribution in [2.24, 2.45) is 0 Å². The maximum atomic E-state index is 10.5. The Morgan fingerprint density at radius 1 is 1.00 bits per heavy atom. The first kappa shape index (κ1) is 13.9. The van der Waals surface area contributed by atoms with Crippen LogP contribution in [0, 0.1) is 0 Å². The zero-order chi connectivity index (χ0) is 10.6. The molecular formula is C6H2Cl6O. The van der Waals surface area contributed by atoms with Crippen molar-refractivity contribution in [3.63, 3.8) is 0 Å². The molecule has 0 saturated heterocycles. The molecule has 74 valence electrons. The molecule has 7 heteroatoms. The SMILES string of the molecule is O=C(Cl)C(Cl)=C(Cl)C(Cl)=CC(Cl)Cl. The minimum absolute atomic E-state index is 0.0318. The average Bonchev–Trinajstić information content (AvgIpc) is 2.00. The van der Waals surface area contributed by atoms with Crippen LogP contribution in [-0.4, -0.2) is 10.1 Å². The van der Waals surface area contributed by atoms with Gasteiger partial charge in [0, 0.05) is 0 Å². The molecule has 0 aromatic heterocycles. The summed E-state index contributed by atoms with van der Waals surface area (Å²) in [6, 6.07) is 0. The first-order valence-electron chi connectivity index (χ1n) is 2.77. The molecule has 0 aromatic carbocycles. The van der Waals surface area contributed by atoms with Gasteiger partial charge in [-0.3, -0.25) is 4.79 Å². The van der Waals surface area contributed by atoms with Crippen LogP contribution in [0.3, 0.4) is 0 Å². The lowest BCUT2D eigenvalue weighted by molar-refractivity contribution is -0.108. The van der Waals surface area contributed by atoms with Crippen LogP contribution in [0.4, 0.5) is 0 Å². The molecule has 0 aliphatic rings. The van der Waals surface area contributed by atoms with E-state index >= 15 is 0 Å². The highest BCUT2D eigenvalue weighted by Gasteiger charge is 2.12. The quantitative estimate of drug-likeness (QED) is 0.327. The molecule has 0 aliphatic carbocycles. The van der Waals surface area contributed by atoms with E-state index in [0.29, 0.717) is 0 Å². The van der Waals surface area contributed by atoms with Crippen LogP contribution in [0.25, 0.3) is 0 Å². The van der Waals surface area contributed by atoms with Gasteiger partial charge in [0.15, 0.2) is 0 Å². The Morgan fingerprint density at radius 2 is 1.46 bits per heavy atom. The third-order valence-electron chi connectivity index (χ3n) is 0.847. The van der Waals surface area contributed by atoms with Crippen molar-refractivity contribution < 1.29 is 4.79 Å². The highest BCUT2D eigenvalue weighted by molar-refractivity contribution is 6.75. The number of alkyl halides is 2. The van der Waals surface area contributed by atoms with Crippen LogP contribution in [0.1, 0.15) is 0 Å². The molecule has 0 fully saturated rings. The summed E-state index contributed by atoms with van der Waals surface area (Å²) in [5, 5.41) is -1.50. The monoisotopic (exact) mass is 300 g/mol. The number of halogens is 6. The van der Waals surface area contributed by atoms with Gasteiger partial charge in [0.05, 0.1) is 10.1 Å². The van der Waals surface area contributed by atoms with E-state index in [1.165, 1.54) is 6.08 Å². The summed E-state index contributed by atoms with van der Waals surface area (Å²) in [6.45, 7) is 0. The van der Waals surface area contributed by atoms with E-state index in [1.807, 2.05) is 0 Å². The molecule has 0 bridgehead atoms. The topological polar surface area (TPSA) is 17.1 Å². The van der Waals surface area contributed by atoms with Crippen molar-refractivity contribution in [2.75, 3.05) is 0 Å². The van der Waals surface area contributed by atoms with Crippen molar-refractivity contribution in [3.05, 3.63) is 21.2 Å². The molecule has 0 rings (SSSR count). The van der Waals surface area contributed by atoms with E-state index in [2.05, 4.69) is 0 Å². The van der Waals surface area contributed by atoms with Crippen molar-refractivity contribution >= 4 is 74.8 Å². The molecule has 0 saturated carbocycles. The molecule has 0 amide bonds. The summed E-state index contributed by atoms with van der Waals surface area (Å²) in [5.41, 5.74) is 0. The van der Waals surface area contributed by atoms with Crippen molar-refractivity contribution in [1.29, 1.82) is 0 Å². The Balaban J connectivity index is 4.88.